The molecule has 1 atom stereocenters. The minimum Gasteiger partial charge on any atom is -0.486 e. The molecule has 1 unspecified atom stereocenters. The number of hydrogen-bond acceptors (Lipinski definition) is 6. The van der Waals surface area contributed by atoms with Crippen molar-refractivity contribution in [2.75, 3.05) is 24.8 Å². The van der Waals surface area contributed by atoms with Crippen LogP contribution in [0.4, 0.5) is 8.78 Å². The van der Waals surface area contributed by atoms with Crippen molar-refractivity contribution in [2.24, 2.45) is 0 Å². The Kier molecular flexibility index (Phi) is 6.85. The van der Waals surface area contributed by atoms with Crippen molar-refractivity contribution in [3.8, 4) is 11.5 Å². The Hall–Kier alpha value is -4.44. The van der Waals surface area contributed by atoms with Crippen molar-refractivity contribution in [2.45, 2.75) is 19.6 Å². The summed E-state index contributed by atoms with van der Waals surface area (Å²) >= 11 is 1.46. The summed E-state index contributed by atoms with van der Waals surface area (Å²) in [7, 11) is 0. The maximum Gasteiger partial charge on any atom is 0.278 e. The number of ether oxygens (including phenoxy) is 2. The average Bonchev–Trinajstić information content (AvgIpc) is 3.37. The molecule has 204 valence electrons. The van der Waals surface area contributed by atoms with Crippen molar-refractivity contribution in [3.63, 3.8) is 0 Å². The molecule has 4 heterocycles. The van der Waals surface area contributed by atoms with Crippen molar-refractivity contribution in [1.82, 2.24) is 9.58 Å². The number of halogens is 2. The van der Waals surface area contributed by atoms with E-state index in [2.05, 4.69) is 0 Å². The molecule has 0 saturated heterocycles. The largest absolute Gasteiger partial charge is 0.486 e. The first-order valence-corrected chi connectivity index (χ1v) is 13.6. The van der Waals surface area contributed by atoms with Crippen LogP contribution < -0.4 is 19.9 Å². The van der Waals surface area contributed by atoms with Crippen LogP contribution in [0.1, 0.15) is 38.1 Å². The summed E-state index contributed by atoms with van der Waals surface area (Å²) in [6, 6.07) is 14.6. The topological polar surface area (TPSA) is 64.0 Å². The lowest BCUT2D eigenvalue weighted by molar-refractivity contribution is 0.0698. The molecule has 2 bridgehead atoms. The summed E-state index contributed by atoms with van der Waals surface area (Å²) in [6.07, 6.45) is 4.90. The average molecular weight is 562 g/mol. The number of thiophene rings is 1. The van der Waals surface area contributed by atoms with E-state index in [4.69, 9.17) is 9.47 Å². The van der Waals surface area contributed by atoms with Gasteiger partial charge in [0, 0.05) is 29.2 Å². The SMILES string of the molecule is Cc1csc(C2c3ccc(F)c(F)c3OC/C=C\CN3CN2n2ccc(=O)c(OCc4ccccc4)c2C3=O)c1. The molecule has 0 saturated carbocycles. The molecule has 0 N–H and O–H groups in total. The Morgan fingerprint density at radius 3 is 2.67 bits per heavy atom. The second-order valence-electron chi connectivity index (χ2n) is 9.58. The fourth-order valence-corrected chi connectivity index (χ4v) is 5.98. The quantitative estimate of drug-likeness (QED) is 0.322. The summed E-state index contributed by atoms with van der Waals surface area (Å²) in [5, 5.41) is 3.81. The molecule has 2 aromatic heterocycles. The first-order chi connectivity index (χ1) is 19.4. The molecule has 0 spiro atoms. The van der Waals surface area contributed by atoms with Crippen molar-refractivity contribution >= 4 is 17.2 Å². The highest BCUT2D eigenvalue weighted by Crippen LogP contribution is 2.41. The number of benzene rings is 2. The zero-order valence-corrected chi connectivity index (χ0v) is 22.4. The number of fused-ring (bicyclic) bond motifs is 5. The van der Waals surface area contributed by atoms with Crippen LogP contribution in [0.2, 0.25) is 0 Å². The van der Waals surface area contributed by atoms with E-state index in [1.165, 1.54) is 29.7 Å². The number of carbonyl (C=O) groups is 1. The van der Waals surface area contributed by atoms with Gasteiger partial charge in [-0.05, 0) is 47.7 Å². The third-order valence-corrected chi connectivity index (χ3v) is 7.96. The van der Waals surface area contributed by atoms with Crippen molar-refractivity contribution < 1.29 is 23.0 Å². The summed E-state index contributed by atoms with van der Waals surface area (Å²) in [5.74, 6) is -2.76. The summed E-state index contributed by atoms with van der Waals surface area (Å²) in [6.45, 7) is 2.35. The lowest BCUT2D eigenvalue weighted by atomic mass is 10.0. The summed E-state index contributed by atoms with van der Waals surface area (Å²) in [5.41, 5.74) is 1.86. The second kappa shape index (κ2) is 10.6. The molecule has 2 aliphatic rings. The van der Waals surface area contributed by atoms with E-state index in [1.54, 1.807) is 21.7 Å². The number of pyridine rings is 1. The predicted molar refractivity (Wildman–Crippen MR) is 147 cm³/mol. The molecule has 2 aliphatic heterocycles. The zero-order valence-electron chi connectivity index (χ0n) is 21.6. The molecule has 0 aliphatic carbocycles. The van der Waals surface area contributed by atoms with E-state index in [1.807, 2.05) is 53.7 Å². The summed E-state index contributed by atoms with van der Waals surface area (Å²) in [4.78, 5) is 29.3. The van der Waals surface area contributed by atoms with Gasteiger partial charge in [0.1, 0.15) is 25.9 Å². The van der Waals surface area contributed by atoms with E-state index in [-0.39, 0.29) is 49.5 Å². The number of hydrogen-bond donors (Lipinski definition) is 0. The molecule has 1 amide bonds. The molecule has 0 radical (unpaired) electrons. The van der Waals surface area contributed by atoms with Crippen LogP contribution in [0, 0.1) is 18.6 Å². The maximum absolute atomic E-state index is 15.2. The Morgan fingerprint density at radius 2 is 1.90 bits per heavy atom. The van der Waals surface area contributed by atoms with E-state index < -0.39 is 23.1 Å². The van der Waals surface area contributed by atoms with Crippen LogP contribution in [0.25, 0.3) is 0 Å². The normalized spacial score (nSPS) is 17.4. The van der Waals surface area contributed by atoms with Crippen LogP contribution in [-0.2, 0) is 6.61 Å². The number of amides is 1. The lowest BCUT2D eigenvalue weighted by Gasteiger charge is -2.43. The highest BCUT2D eigenvalue weighted by atomic mass is 32.1. The summed E-state index contributed by atoms with van der Waals surface area (Å²) < 4.78 is 43.0. The Balaban J connectivity index is 1.56. The van der Waals surface area contributed by atoms with Gasteiger partial charge in [0.2, 0.25) is 11.2 Å². The minimum atomic E-state index is -1.08. The van der Waals surface area contributed by atoms with E-state index in [0.717, 1.165) is 22.1 Å². The van der Waals surface area contributed by atoms with Gasteiger partial charge >= 0.3 is 0 Å². The van der Waals surface area contributed by atoms with Gasteiger partial charge in [0.25, 0.3) is 5.91 Å². The molecular formula is C30H25F2N3O4S. The number of aromatic nitrogens is 1. The van der Waals surface area contributed by atoms with Crippen LogP contribution >= 0.6 is 11.3 Å². The van der Waals surface area contributed by atoms with E-state index in [9.17, 15) is 14.0 Å². The van der Waals surface area contributed by atoms with Gasteiger partial charge in [-0.3, -0.25) is 19.3 Å². The van der Waals surface area contributed by atoms with Gasteiger partial charge in [-0.1, -0.05) is 36.4 Å². The van der Waals surface area contributed by atoms with Crippen molar-refractivity contribution in [1.29, 1.82) is 0 Å². The van der Waals surface area contributed by atoms with Crippen LogP contribution in [0.3, 0.4) is 0 Å². The maximum atomic E-state index is 15.2. The number of carbonyl (C=O) groups excluding carboxylic acids is 1. The third-order valence-electron chi connectivity index (χ3n) is 6.85. The number of aryl methyl sites for hydroxylation is 1. The molecule has 40 heavy (non-hydrogen) atoms. The molecule has 7 nitrogen and oxygen atoms in total. The number of rotatable bonds is 4. The minimum absolute atomic E-state index is 0.0121. The molecule has 10 heteroatoms. The molecule has 6 rings (SSSR count). The second-order valence-corrected chi connectivity index (χ2v) is 10.5. The predicted octanol–water partition coefficient (Wildman–Crippen LogP) is 5.16. The Bertz CT molecular complexity index is 1670. The molecular weight excluding hydrogens is 536 g/mol. The smallest absolute Gasteiger partial charge is 0.278 e. The molecule has 4 aromatic rings. The van der Waals surface area contributed by atoms with Crippen LogP contribution in [0.15, 0.2) is 83.1 Å². The van der Waals surface area contributed by atoms with Gasteiger partial charge in [-0.25, -0.2) is 4.39 Å². The van der Waals surface area contributed by atoms with Gasteiger partial charge < -0.3 is 14.4 Å². The van der Waals surface area contributed by atoms with Gasteiger partial charge in [0.05, 0.1) is 0 Å². The standard InChI is InChI=1S/C30H25F2N3O4S/c1-19-15-24(40-17-19)26-21-9-10-22(31)25(32)28(21)38-14-6-5-12-33-18-35(26)34-13-11-23(36)29(27(34)30(33)37)39-16-20-7-3-2-4-8-20/h2-11,13,15,17,26H,12,14,16,18H2,1H3/b6-5-. The van der Waals surface area contributed by atoms with Gasteiger partial charge in [0.15, 0.2) is 23.0 Å². The highest BCUT2D eigenvalue weighted by Gasteiger charge is 2.39. The van der Waals surface area contributed by atoms with Crippen LogP contribution in [0.5, 0.6) is 11.5 Å². The Morgan fingerprint density at radius 1 is 1.07 bits per heavy atom. The highest BCUT2D eigenvalue weighted by molar-refractivity contribution is 7.10. The molecule has 2 aromatic carbocycles. The van der Waals surface area contributed by atoms with Gasteiger partial charge in [-0.2, -0.15) is 4.39 Å². The molecule has 0 fully saturated rings. The monoisotopic (exact) mass is 561 g/mol. The number of nitrogens with zero attached hydrogens (tertiary/aromatic N) is 3. The fourth-order valence-electron chi connectivity index (χ4n) is 4.96. The lowest BCUT2D eigenvalue weighted by Crippen LogP contribution is -2.55. The van der Waals surface area contributed by atoms with E-state index >= 15 is 4.39 Å². The Labute approximate surface area is 233 Å². The van der Waals surface area contributed by atoms with Crippen molar-refractivity contribution in [3.05, 3.63) is 127 Å². The van der Waals surface area contributed by atoms with E-state index in [0.29, 0.717) is 5.56 Å². The zero-order chi connectivity index (χ0) is 27.8. The first kappa shape index (κ1) is 25.8. The fraction of sp³-hybridized carbons (Fsp3) is 0.200. The third kappa shape index (κ3) is 4.64. The first-order valence-electron chi connectivity index (χ1n) is 12.7. The van der Waals surface area contributed by atoms with Crippen LogP contribution in [-0.4, -0.2) is 35.3 Å². The van der Waals surface area contributed by atoms with Gasteiger partial charge in [-0.15, -0.1) is 11.3 Å².